The number of hydrogen-bond acceptors (Lipinski definition) is 2. The van der Waals surface area contributed by atoms with Gasteiger partial charge in [0.25, 0.3) is 0 Å². The number of carbonyl (C=O) groups is 1. The average molecular weight is 269 g/mol. The van der Waals surface area contributed by atoms with Gasteiger partial charge in [0.05, 0.1) is 17.1 Å². The number of carbonyl (C=O) groups excluding carboxylic acids is 1. The second-order valence-electron chi connectivity index (χ2n) is 2.32. The molecule has 76 valence electrons. The van der Waals surface area contributed by atoms with E-state index >= 15 is 0 Å². The van der Waals surface area contributed by atoms with Crippen LogP contribution in [0.15, 0.2) is 4.47 Å². The molecule has 0 heterocycles. The summed E-state index contributed by atoms with van der Waals surface area (Å²) < 4.78 is 42.7. The molecule has 1 rings (SSSR count). The predicted molar refractivity (Wildman–Crippen MR) is 46.0 cm³/mol. The van der Waals surface area contributed by atoms with Gasteiger partial charge in [0.1, 0.15) is 0 Å². The van der Waals surface area contributed by atoms with E-state index in [1.807, 2.05) is 0 Å². The van der Waals surface area contributed by atoms with Crippen LogP contribution in [0.2, 0.25) is 0 Å². The van der Waals surface area contributed by atoms with Crippen LogP contribution in [0.5, 0.6) is 5.75 Å². The summed E-state index contributed by atoms with van der Waals surface area (Å²) in [5.41, 5.74) is -0.654. The normalized spacial score (nSPS) is 10.1. The van der Waals surface area contributed by atoms with E-state index in [1.165, 1.54) is 0 Å². The number of ether oxygens (including phenoxy) is 1. The summed E-state index contributed by atoms with van der Waals surface area (Å²) in [6, 6.07) is 0. The second kappa shape index (κ2) is 4.00. The Kier molecular flexibility index (Phi) is 3.15. The molecule has 6 heteroatoms. The summed E-state index contributed by atoms with van der Waals surface area (Å²) in [6.07, 6.45) is 0.0570. The Morgan fingerprint density at radius 2 is 1.79 bits per heavy atom. The van der Waals surface area contributed by atoms with Crippen LogP contribution in [0.1, 0.15) is 10.4 Å². The molecule has 0 N–H and O–H groups in total. The van der Waals surface area contributed by atoms with E-state index < -0.39 is 33.2 Å². The maximum atomic E-state index is 13.1. The van der Waals surface area contributed by atoms with Crippen molar-refractivity contribution >= 4 is 22.2 Å². The molecule has 1 aromatic carbocycles. The molecular formula is C8H4BrF3O2. The third-order valence-corrected chi connectivity index (χ3v) is 2.28. The molecule has 2 nitrogen and oxygen atoms in total. The molecule has 0 unspecified atom stereocenters. The molecule has 0 saturated heterocycles. The predicted octanol–water partition coefficient (Wildman–Crippen LogP) is 2.69. The maximum absolute atomic E-state index is 13.1. The minimum Gasteiger partial charge on any atom is -0.493 e. The summed E-state index contributed by atoms with van der Waals surface area (Å²) in [5, 5.41) is 0. The summed E-state index contributed by atoms with van der Waals surface area (Å²) >= 11 is 2.48. The molecule has 0 spiro atoms. The molecule has 0 aliphatic carbocycles. The van der Waals surface area contributed by atoms with Crippen LogP contribution >= 0.6 is 15.9 Å². The topological polar surface area (TPSA) is 26.3 Å². The first-order valence-corrected chi connectivity index (χ1v) is 4.19. The van der Waals surface area contributed by atoms with Gasteiger partial charge in [-0.05, 0) is 15.9 Å². The van der Waals surface area contributed by atoms with Gasteiger partial charge in [0.2, 0.25) is 5.82 Å². The third kappa shape index (κ3) is 1.50. The van der Waals surface area contributed by atoms with Gasteiger partial charge in [-0.15, -0.1) is 0 Å². The van der Waals surface area contributed by atoms with Crippen LogP contribution in [0.25, 0.3) is 0 Å². The van der Waals surface area contributed by atoms with E-state index in [0.29, 0.717) is 0 Å². The van der Waals surface area contributed by atoms with E-state index in [1.54, 1.807) is 0 Å². The highest BCUT2D eigenvalue weighted by atomic mass is 79.9. The summed E-state index contributed by atoms with van der Waals surface area (Å²) in [5.74, 6) is -4.75. The highest BCUT2D eigenvalue weighted by Crippen LogP contribution is 2.32. The molecule has 0 aliphatic rings. The minimum absolute atomic E-state index is 0.0570. The largest absolute Gasteiger partial charge is 0.493 e. The van der Waals surface area contributed by atoms with E-state index in [9.17, 15) is 18.0 Å². The zero-order chi connectivity index (χ0) is 10.9. The SMILES string of the molecule is COc1c(F)c(F)c(Br)c(F)c1C=O. The lowest BCUT2D eigenvalue weighted by Gasteiger charge is -2.08. The van der Waals surface area contributed by atoms with Crippen LogP contribution in [-0.2, 0) is 0 Å². The number of benzene rings is 1. The highest BCUT2D eigenvalue weighted by molar-refractivity contribution is 9.10. The molecule has 1 aromatic rings. The fraction of sp³-hybridized carbons (Fsp3) is 0.125. The lowest BCUT2D eigenvalue weighted by Crippen LogP contribution is -2.02. The van der Waals surface area contributed by atoms with Crippen LogP contribution in [0, 0.1) is 17.5 Å². The van der Waals surface area contributed by atoms with Crippen molar-refractivity contribution in [3.05, 3.63) is 27.5 Å². The fourth-order valence-corrected chi connectivity index (χ4v) is 1.32. The first kappa shape index (κ1) is 11.0. The lowest BCUT2D eigenvalue weighted by atomic mass is 10.2. The lowest BCUT2D eigenvalue weighted by molar-refractivity contribution is 0.111. The van der Waals surface area contributed by atoms with Gasteiger partial charge in [-0.2, -0.15) is 4.39 Å². The first-order chi connectivity index (χ1) is 6.54. The Balaban J connectivity index is 3.65. The van der Waals surface area contributed by atoms with Gasteiger partial charge in [-0.3, -0.25) is 4.79 Å². The van der Waals surface area contributed by atoms with Gasteiger partial charge >= 0.3 is 0 Å². The summed E-state index contributed by atoms with van der Waals surface area (Å²) in [6.45, 7) is 0. The maximum Gasteiger partial charge on any atom is 0.202 e. The van der Waals surface area contributed by atoms with Crippen LogP contribution < -0.4 is 4.74 Å². The molecule has 0 atom stereocenters. The zero-order valence-corrected chi connectivity index (χ0v) is 8.49. The zero-order valence-electron chi connectivity index (χ0n) is 6.91. The van der Waals surface area contributed by atoms with Crippen molar-refractivity contribution in [3.63, 3.8) is 0 Å². The smallest absolute Gasteiger partial charge is 0.202 e. The molecular weight excluding hydrogens is 265 g/mol. The summed E-state index contributed by atoms with van der Waals surface area (Å²) in [7, 11) is 1.01. The molecule has 14 heavy (non-hydrogen) atoms. The highest BCUT2D eigenvalue weighted by Gasteiger charge is 2.23. The number of aldehydes is 1. The first-order valence-electron chi connectivity index (χ1n) is 3.39. The van der Waals surface area contributed by atoms with Crippen molar-refractivity contribution in [2.24, 2.45) is 0 Å². The number of halogens is 4. The van der Waals surface area contributed by atoms with Crippen molar-refractivity contribution < 1.29 is 22.7 Å². The molecule has 0 fully saturated rings. The van der Waals surface area contributed by atoms with E-state index in [2.05, 4.69) is 20.7 Å². The van der Waals surface area contributed by atoms with Crippen molar-refractivity contribution in [2.45, 2.75) is 0 Å². The second-order valence-corrected chi connectivity index (χ2v) is 3.11. The van der Waals surface area contributed by atoms with Crippen LogP contribution in [0.3, 0.4) is 0 Å². The fourth-order valence-electron chi connectivity index (χ4n) is 0.933. The number of methoxy groups -OCH3 is 1. The van der Waals surface area contributed by atoms with Crippen molar-refractivity contribution in [2.75, 3.05) is 7.11 Å². The molecule has 0 aromatic heterocycles. The Hall–Kier alpha value is -1.04. The number of rotatable bonds is 2. The van der Waals surface area contributed by atoms with Gasteiger partial charge in [0, 0.05) is 0 Å². The molecule has 0 bridgehead atoms. The van der Waals surface area contributed by atoms with Gasteiger partial charge in [-0.1, -0.05) is 0 Å². The Morgan fingerprint density at radius 3 is 2.21 bits per heavy atom. The molecule has 0 radical (unpaired) electrons. The van der Waals surface area contributed by atoms with Crippen molar-refractivity contribution in [3.8, 4) is 5.75 Å². The van der Waals surface area contributed by atoms with E-state index in [4.69, 9.17) is 0 Å². The van der Waals surface area contributed by atoms with Gasteiger partial charge < -0.3 is 4.74 Å². The van der Waals surface area contributed by atoms with Crippen molar-refractivity contribution in [1.29, 1.82) is 0 Å². The quantitative estimate of drug-likeness (QED) is 0.468. The minimum atomic E-state index is -1.43. The van der Waals surface area contributed by atoms with Gasteiger partial charge in [0.15, 0.2) is 23.7 Å². The molecule has 0 saturated carbocycles. The number of hydrogen-bond donors (Lipinski definition) is 0. The van der Waals surface area contributed by atoms with Crippen LogP contribution in [-0.4, -0.2) is 13.4 Å². The molecule has 0 aliphatic heterocycles. The average Bonchev–Trinajstić information content (AvgIpc) is 2.20. The van der Waals surface area contributed by atoms with E-state index in [0.717, 1.165) is 7.11 Å². The Labute approximate surface area is 85.8 Å². The Bertz CT molecular complexity index is 393. The van der Waals surface area contributed by atoms with Gasteiger partial charge in [-0.25, -0.2) is 8.78 Å². The third-order valence-electron chi connectivity index (χ3n) is 1.58. The monoisotopic (exact) mass is 268 g/mol. The van der Waals surface area contributed by atoms with Crippen LogP contribution in [0.4, 0.5) is 13.2 Å². The van der Waals surface area contributed by atoms with E-state index in [-0.39, 0.29) is 6.29 Å². The molecule has 0 amide bonds. The van der Waals surface area contributed by atoms with Crippen molar-refractivity contribution in [1.82, 2.24) is 0 Å². The summed E-state index contributed by atoms with van der Waals surface area (Å²) in [4.78, 5) is 10.4. The Morgan fingerprint density at radius 1 is 1.21 bits per heavy atom. The standard InChI is InChI=1S/C8H4BrF3O2/c1-14-8-3(2-13)5(10)4(9)6(11)7(8)12/h2H,1H3.